The van der Waals surface area contributed by atoms with E-state index in [4.69, 9.17) is 0 Å². The molecule has 0 aliphatic heterocycles. The number of nitrogens with one attached hydrogen (secondary N) is 2. The van der Waals surface area contributed by atoms with Gasteiger partial charge < -0.3 is 10.6 Å². The van der Waals surface area contributed by atoms with Crippen LogP contribution in [0.3, 0.4) is 0 Å². The summed E-state index contributed by atoms with van der Waals surface area (Å²) in [4.78, 5) is 22.0. The zero-order valence-corrected chi connectivity index (χ0v) is 11.5. The second-order valence-corrected chi connectivity index (χ2v) is 4.52. The van der Waals surface area contributed by atoms with Crippen molar-refractivity contribution in [1.82, 2.24) is 0 Å². The lowest BCUT2D eigenvalue weighted by Crippen LogP contribution is -2.22. The Hall–Kier alpha value is -2.89. The van der Waals surface area contributed by atoms with Crippen molar-refractivity contribution in [2.24, 2.45) is 0 Å². The van der Waals surface area contributed by atoms with Crippen LogP contribution in [0.1, 0.15) is 5.56 Å². The fourth-order valence-corrected chi connectivity index (χ4v) is 1.83. The summed E-state index contributed by atoms with van der Waals surface area (Å²) in [7, 11) is 0. The third-order valence-corrected chi connectivity index (χ3v) is 2.92. The standard InChI is InChI=1S/C15H15N3O3/c1-11-9-13(18(20)21)7-8-14(11)17-15(19)10-16-12-5-3-2-4-6-12/h2-9,16H,10H2,1H3,(H,17,19). The maximum atomic E-state index is 11.8. The molecule has 0 heterocycles. The van der Waals surface area contributed by atoms with Crippen molar-refractivity contribution in [3.05, 3.63) is 64.2 Å². The van der Waals surface area contributed by atoms with Gasteiger partial charge in [0.05, 0.1) is 11.5 Å². The quantitative estimate of drug-likeness (QED) is 0.653. The fourth-order valence-electron chi connectivity index (χ4n) is 1.83. The first kappa shape index (κ1) is 14.5. The van der Waals surface area contributed by atoms with E-state index in [9.17, 15) is 14.9 Å². The number of carbonyl (C=O) groups excluding carboxylic acids is 1. The Morgan fingerprint density at radius 3 is 2.52 bits per heavy atom. The first-order valence-electron chi connectivity index (χ1n) is 6.40. The van der Waals surface area contributed by atoms with Gasteiger partial charge in [-0.2, -0.15) is 0 Å². The van der Waals surface area contributed by atoms with Crippen LogP contribution in [0.25, 0.3) is 0 Å². The molecule has 6 nitrogen and oxygen atoms in total. The van der Waals surface area contributed by atoms with Gasteiger partial charge in [-0.25, -0.2) is 0 Å². The molecule has 2 aromatic rings. The van der Waals surface area contributed by atoms with Gasteiger partial charge in [-0.3, -0.25) is 14.9 Å². The summed E-state index contributed by atoms with van der Waals surface area (Å²) in [6.45, 7) is 1.84. The molecule has 108 valence electrons. The molecular weight excluding hydrogens is 270 g/mol. The van der Waals surface area contributed by atoms with Crippen molar-refractivity contribution >= 4 is 23.0 Å². The van der Waals surface area contributed by atoms with Gasteiger partial charge in [0.1, 0.15) is 0 Å². The van der Waals surface area contributed by atoms with E-state index in [0.29, 0.717) is 11.3 Å². The minimum Gasteiger partial charge on any atom is -0.376 e. The van der Waals surface area contributed by atoms with E-state index in [2.05, 4.69) is 10.6 Å². The molecule has 0 radical (unpaired) electrons. The summed E-state index contributed by atoms with van der Waals surface area (Å²) >= 11 is 0. The van der Waals surface area contributed by atoms with E-state index in [-0.39, 0.29) is 18.1 Å². The zero-order chi connectivity index (χ0) is 15.2. The van der Waals surface area contributed by atoms with E-state index < -0.39 is 4.92 Å². The molecule has 2 rings (SSSR count). The summed E-state index contributed by atoms with van der Waals surface area (Å²) in [6.07, 6.45) is 0. The van der Waals surface area contributed by atoms with Crippen LogP contribution in [0, 0.1) is 17.0 Å². The average molecular weight is 285 g/mol. The molecule has 0 aliphatic rings. The van der Waals surface area contributed by atoms with Crippen molar-refractivity contribution in [2.45, 2.75) is 6.92 Å². The number of rotatable bonds is 5. The third kappa shape index (κ3) is 4.04. The summed E-state index contributed by atoms with van der Waals surface area (Å²) in [6, 6.07) is 13.7. The Morgan fingerprint density at radius 2 is 1.90 bits per heavy atom. The normalized spacial score (nSPS) is 9.95. The minimum absolute atomic E-state index is 0.00732. The first-order chi connectivity index (χ1) is 10.1. The molecular formula is C15H15N3O3. The van der Waals surface area contributed by atoms with Crippen LogP contribution >= 0.6 is 0 Å². The molecule has 0 aromatic heterocycles. The molecule has 2 N–H and O–H groups in total. The lowest BCUT2D eigenvalue weighted by Gasteiger charge is -2.09. The number of non-ortho nitro benzene ring substituents is 1. The van der Waals surface area contributed by atoms with Crippen LogP contribution in [-0.4, -0.2) is 17.4 Å². The number of benzene rings is 2. The largest absolute Gasteiger partial charge is 0.376 e. The van der Waals surface area contributed by atoms with Gasteiger partial charge in [0.15, 0.2) is 0 Å². The first-order valence-corrected chi connectivity index (χ1v) is 6.40. The van der Waals surface area contributed by atoms with Crippen LogP contribution < -0.4 is 10.6 Å². The summed E-state index contributed by atoms with van der Waals surface area (Å²) in [5.74, 6) is -0.212. The highest BCUT2D eigenvalue weighted by Crippen LogP contribution is 2.21. The summed E-state index contributed by atoms with van der Waals surface area (Å²) in [5.41, 5.74) is 2.08. The number of para-hydroxylation sites is 1. The van der Waals surface area contributed by atoms with Gasteiger partial charge in [0.25, 0.3) is 5.69 Å². The number of hydrogen-bond acceptors (Lipinski definition) is 4. The number of nitrogens with zero attached hydrogens (tertiary/aromatic N) is 1. The van der Waals surface area contributed by atoms with E-state index in [1.807, 2.05) is 30.3 Å². The van der Waals surface area contributed by atoms with Crippen molar-refractivity contribution in [2.75, 3.05) is 17.2 Å². The number of carbonyl (C=O) groups is 1. The molecule has 0 fully saturated rings. The molecule has 0 unspecified atom stereocenters. The fraction of sp³-hybridized carbons (Fsp3) is 0.133. The van der Waals surface area contributed by atoms with E-state index in [0.717, 1.165) is 5.69 Å². The minimum atomic E-state index is -0.463. The van der Waals surface area contributed by atoms with Gasteiger partial charge in [-0.05, 0) is 30.7 Å². The molecule has 21 heavy (non-hydrogen) atoms. The van der Waals surface area contributed by atoms with Gasteiger partial charge in [-0.1, -0.05) is 18.2 Å². The Bertz CT molecular complexity index is 656. The third-order valence-electron chi connectivity index (χ3n) is 2.92. The smallest absolute Gasteiger partial charge is 0.269 e. The number of nitro groups is 1. The molecule has 2 aromatic carbocycles. The summed E-state index contributed by atoms with van der Waals surface area (Å²) in [5, 5.41) is 16.4. The molecule has 0 spiro atoms. The molecule has 0 saturated carbocycles. The number of anilines is 2. The van der Waals surface area contributed by atoms with Crippen LogP contribution in [0.15, 0.2) is 48.5 Å². The number of amides is 1. The Labute approximate surface area is 121 Å². The highest BCUT2D eigenvalue weighted by Gasteiger charge is 2.10. The van der Waals surface area contributed by atoms with Gasteiger partial charge in [-0.15, -0.1) is 0 Å². The topological polar surface area (TPSA) is 84.3 Å². The lowest BCUT2D eigenvalue weighted by atomic mass is 10.2. The predicted molar refractivity (Wildman–Crippen MR) is 81.4 cm³/mol. The van der Waals surface area contributed by atoms with Crippen LogP contribution in [-0.2, 0) is 4.79 Å². The second-order valence-electron chi connectivity index (χ2n) is 4.52. The van der Waals surface area contributed by atoms with E-state index in [1.165, 1.54) is 18.2 Å². The van der Waals surface area contributed by atoms with E-state index in [1.54, 1.807) is 6.92 Å². The van der Waals surface area contributed by atoms with Crippen molar-refractivity contribution in [3.63, 3.8) is 0 Å². The predicted octanol–water partition coefficient (Wildman–Crippen LogP) is 2.95. The highest BCUT2D eigenvalue weighted by atomic mass is 16.6. The molecule has 0 saturated heterocycles. The Balaban J connectivity index is 1.95. The monoisotopic (exact) mass is 285 g/mol. The number of nitro benzene ring substituents is 1. The van der Waals surface area contributed by atoms with Crippen molar-refractivity contribution in [1.29, 1.82) is 0 Å². The van der Waals surface area contributed by atoms with Gasteiger partial charge in [0.2, 0.25) is 5.91 Å². The lowest BCUT2D eigenvalue weighted by molar-refractivity contribution is -0.384. The molecule has 6 heteroatoms. The summed E-state index contributed by atoms with van der Waals surface area (Å²) < 4.78 is 0. The molecule has 0 bridgehead atoms. The van der Waals surface area contributed by atoms with Crippen molar-refractivity contribution in [3.8, 4) is 0 Å². The SMILES string of the molecule is Cc1cc([N+](=O)[O-])ccc1NC(=O)CNc1ccccc1. The Morgan fingerprint density at radius 1 is 1.19 bits per heavy atom. The van der Waals surface area contributed by atoms with Crippen LogP contribution in [0.4, 0.5) is 17.1 Å². The number of hydrogen-bond donors (Lipinski definition) is 2. The maximum absolute atomic E-state index is 11.8. The molecule has 1 amide bonds. The van der Waals surface area contributed by atoms with Gasteiger partial charge in [0, 0.05) is 23.5 Å². The van der Waals surface area contributed by atoms with Gasteiger partial charge >= 0.3 is 0 Å². The molecule has 0 atom stereocenters. The highest BCUT2D eigenvalue weighted by molar-refractivity contribution is 5.94. The van der Waals surface area contributed by atoms with Crippen LogP contribution in [0.2, 0.25) is 0 Å². The second kappa shape index (κ2) is 6.51. The average Bonchev–Trinajstić information content (AvgIpc) is 2.48. The number of aryl methyl sites for hydroxylation is 1. The van der Waals surface area contributed by atoms with E-state index >= 15 is 0 Å². The molecule has 0 aliphatic carbocycles. The maximum Gasteiger partial charge on any atom is 0.269 e. The Kier molecular flexibility index (Phi) is 4.50. The van der Waals surface area contributed by atoms with Crippen LogP contribution in [0.5, 0.6) is 0 Å². The zero-order valence-electron chi connectivity index (χ0n) is 11.5. The van der Waals surface area contributed by atoms with Crippen molar-refractivity contribution < 1.29 is 9.72 Å².